The molecule has 0 aliphatic carbocycles. The van der Waals surface area contributed by atoms with Crippen LogP contribution in [0.15, 0.2) is 110 Å². The van der Waals surface area contributed by atoms with E-state index in [-0.39, 0.29) is 16.2 Å². The summed E-state index contributed by atoms with van der Waals surface area (Å²) in [5.41, 5.74) is 4.58. The summed E-state index contributed by atoms with van der Waals surface area (Å²) in [7, 11) is 0. The van der Waals surface area contributed by atoms with E-state index in [0.717, 1.165) is 56.2 Å². The number of alkyl halides is 1. The highest BCUT2D eigenvalue weighted by Crippen LogP contribution is 2.26. The van der Waals surface area contributed by atoms with Crippen LogP contribution >= 0.6 is 11.6 Å². The first-order valence-electron chi connectivity index (χ1n) is 18.8. The molecule has 0 radical (unpaired) electrons. The average molecular weight is 743 g/mol. The predicted octanol–water partition coefficient (Wildman–Crippen LogP) is 11.3. The SMILES string of the molecule is CC(C)(C)c1ccc(OCCCCl)cc1.CC(C)(C)c1ccc(OCCCn2cccn2)cc1.CC(C)(C)c1ccc(OCCCn2ccnc2)cc1. The van der Waals surface area contributed by atoms with E-state index < -0.39 is 0 Å². The smallest absolute Gasteiger partial charge is 0.119 e. The summed E-state index contributed by atoms with van der Waals surface area (Å²) in [6.07, 6.45) is 12.2. The quantitative estimate of drug-likeness (QED) is 0.0837. The Morgan fingerprint density at radius 2 is 0.943 bits per heavy atom. The minimum absolute atomic E-state index is 0.193. The molecule has 0 aliphatic heterocycles. The number of imidazole rings is 1. The van der Waals surface area contributed by atoms with Crippen LogP contribution in [0.1, 0.15) is 98.3 Å². The van der Waals surface area contributed by atoms with E-state index in [9.17, 15) is 0 Å². The van der Waals surface area contributed by atoms with Crippen LogP contribution in [0.2, 0.25) is 0 Å². The molecule has 7 nitrogen and oxygen atoms in total. The molecule has 8 heteroatoms. The van der Waals surface area contributed by atoms with Gasteiger partial charge in [0, 0.05) is 50.2 Å². The number of nitrogens with zero attached hydrogens (tertiary/aromatic N) is 4. The van der Waals surface area contributed by atoms with E-state index in [0.29, 0.717) is 19.1 Å². The predicted molar refractivity (Wildman–Crippen MR) is 221 cm³/mol. The van der Waals surface area contributed by atoms with Crippen LogP contribution in [-0.4, -0.2) is 45.0 Å². The maximum Gasteiger partial charge on any atom is 0.119 e. The first kappa shape index (κ1) is 43.2. The lowest BCUT2D eigenvalue weighted by Gasteiger charge is -2.19. The molecule has 3 aromatic carbocycles. The number of hydrogen-bond acceptors (Lipinski definition) is 5. The van der Waals surface area contributed by atoms with Crippen LogP contribution in [0.4, 0.5) is 0 Å². The van der Waals surface area contributed by atoms with Crippen molar-refractivity contribution in [1.29, 1.82) is 0 Å². The molecule has 0 spiro atoms. The average Bonchev–Trinajstić information content (AvgIpc) is 3.84. The largest absolute Gasteiger partial charge is 0.494 e. The molecular weight excluding hydrogens is 680 g/mol. The van der Waals surface area contributed by atoms with Gasteiger partial charge in [0.2, 0.25) is 0 Å². The molecule has 2 heterocycles. The molecule has 0 unspecified atom stereocenters. The van der Waals surface area contributed by atoms with Gasteiger partial charge in [-0.15, -0.1) is 11.6 Å². The third-order valence-electron chi connectivity index (χ3n) is 8.46. The lowest BCUT2D eigenvalue weighted by Crippen LogP contribution is -2.10. The van der Waals surface area contributed by atoms with Crippen LogP contribution in [0.25, 0.3) is 0 Å². The summed E-state index contributed by atoms with van der Waals surface area (Å²) < 4.78 is 21.0. The zero-order chi connectivity index (χ0) is 38.7. The third-order valence-corrected chi connectivity index (χ3v) is 8.72. The Morgan fingerprint density at radius 3 is 1.28 bits per heavy atom. The van der Waals surface area contributed by atoms with Gasteiger partial charge in [-0.1, -0.05) is 98.7 Å². The number of rotatable bonds is 14. The molecule has 53 heavy (non-hydrogen) atoms. The van der Waals surface area contributed by atoms with E-state index in [1.54, 1.807) is 12.4 Å². The topological polar surface area (TPSA) is 63.3 Å². The van der Waals surface area contributed by atoms with Gasteiger partial charge < -0.3 is 18.8 Å². The van der Waals surface area contributed by atoms with E-state index in [4.69, 9.17) is 25.8 Å². The minimum atomic E-state index is 0.193. The Balaban J connectivity index is 0.000000216. The Morgan fingerprint density at radius 1 is 0.528 bits per heavy atom. The molecule has 0 aliphatic rings. The van der Waals surface area contributed by atoms with Gasteiger partial charge in [-0.3, -0.25) is 4.68 Å². The number of halogens is 1. The van der Waals surface area contributed by atoms with E-state index in [1.165, 1.54) is 16.7 Å². The van der Waals surface area contributed by atoms with E-state index in [2.05, 4.69) is 138 Å². The van der Waals surface area contributed by atoms with Crippen LogP contribution in [0, 0.1) is 0 Å². The molecule has 0 atom stereocenters. The van der Waals surface area contributed by atoms with E-state index in [1.807, 2.05) is 41.6 Å². The maximum absolute atomic E-state index is 5.74. The number of hydrogen-bond donors (Lipinski definition) is 0. The Labute approximate surface area is 324 Å². The van der Waals surface area contributed by atoms with Gasteiger partial charge in [-0.2, -0.15) is 5.10 Å². The molecule has 0 N–H and O–H groups in total. The van der Waals surface area contributed by atoms with Gasteiger partial charge in [0.1, 0.15) is 17.2 Å². The summed E-state index contributed by atoms with van der Waals surface area (Å²) >= 11 is 5.57. The highest BCUT2D eigenvalue weighted by Gasteiger charge is 2.14. The van der Waals surface area contributed by atoms with Gasteiger partial charge in [0.15, 0.2) is 0 Å². The highest BCUT2D eigenvalue weighted by molar-refractivity contribution is 6.17. The fourth-order valence-electron chi connectivity index (χ4n) is 5.10. The van der Waals surface area contributed by atoms with Crippen molar-refractivity contribution >= 4 is 11.6 Å². The number of aromatic nitrogens is 4. The molecule has 2 aromatic heterocycles. The second-order valence-corrected chi connectivity index (χ2v) is 16.6. The Kier molecular flexibility index (Phi) is 17.5. The number of ether oxygens (including phenoxy) is 3. The van der Waals surface area contributed by atoms with Gasteiger partial charge >= 0.3 is 0 Å². The summed E-state index contributed by atoms with van der Waals surface area (Å²) in [5, 5.41) is 4.16. The normalized spacial score (nSPS) is 11.5. The fourth-order valence-corrected chi connectivity index (χ4v) is 5.21. The van der Waals surface area contributed by atoms with Crippen molar-refractivity contribution in [1.82, 2.24) is 19.3 Å². The molecule has 5 aromatic rings. The molecular formula is C45H63ClN4O3. The highest BCUT2D eigenvalue weighted by atomic mass is 35.5. The molecule has 0 fully saturated rings. The third kappa shape index (κ3) is 17.0. The summed E-state index contributed by atoms with van der Waals surface area (Å²) in [6, 6.07) is 27.0. The van der Waals surface area contributed by atoms with Crippen molar-refractivity contribution < 1.29 is 14.2 Å². The first-order valence-corrected chi connectivity index (χ1v) is 19.4. The maximum atomic E-state index is 5.74. The Hall–Kier alpha value is -4.23. The van der Waals surface area contributed by atoms with Crippen LogP contribution in [0.5, 0.6) is 17.2 Å². The van der Waals surface area contributed by atoms with Crippen LogP contribution in [-0.2, 0) is 29.3 Å². The van der Waals surface area contributed by atoms with Crippen LogP contribution < -0.4 is 14.2 Å². The molecule has 288 valence electrons. The number of aryl methyl sites for hydroxylation is 2. The van der Waals surface area contributed by atoms with E-state index >= 15 is 0 Å². The van der Waals surface area contributed by atoms with Crippen molar-refractivity contribution in [3.8, 4) is 17.2 Å². The minimum Gasteiger partial charge on any atom is -0.494 e. The standard InChI is InChI=1S/2C16H22N2O.C13H19ClO/c1-16(2,3)14-6-8-15(9-7-14)19-13-5-12-18-11-4-10-17-18;1-16(2,3)14-5-7-15(8-6-14)19-12-4-10-18-11-9-17-13-18;1-13(2,3)11-5-7-12(8-6-11)15-10-4-9-14/h4,6-11H,5,12-13H2,1-3H3;5-9,11,13H,4,10,12H2,1-3H3;5-8H,4,9-10H2,1-3H3. The van der Waals surface area contributed by atoms with Crippen molar-refractivity contribution in [3.63, 3.8) is 0 Å². The lowest BCUT2D eigenvalue weighted by atomic mass is 9.87. The van der Waals surface area contributed by atoms with Gasteiger partial charge in [0.05, 0.1) is 26.1 Å². The summed E-state index contributed by atoms with van der Waals surface area (Å²) in [4.78, 5) is 4.01. The molecule has 0 saturated carbocycles. The van der Waals surface area contributed by atoms with Crippen molar-refractivity contribution in [2.45, 2.75) is 111 Å². The number of benzene rings is 3. The zero-order valence-electron chi connectivity index (χ0n) is 33.6. The van der Waals surface area contributed by atoms with Gasteiger partial charge in [0.25, 0.3) is 0 Å². The van der Waals surface area contributed by atoms with Gasteiger partial charge in [-0.25, -0.2) is 4.98 Å². The molecule has 0 amide bonds. The Bertz CT molecular complexity index is 1550. The molecule has 5 rings (SSSR count). The van der Waals surface area contributed by atoms with Crippen LogP contribution in [0.3, 0.4) is 0 Å². The summed E-state index contributed by atoms with van der Waals surface area (Å²) in [5.74, 6) is 3.46. The van der Waals surface area contributed by atoms with Crippen molar-refractivity contribution in [2.24, 2.45) is 0 Å². The second kappa shape index (κ2) is 21.5. The second-order valence-electron chi connectivity index (χ2n) is 16.2. The van der Waals surface area contributed by atoms with Crippen molar-refractivity contribution in [2.75, 3.05) is 25.7 Å². The summed E-state index contributed by atoms with van der Waals surface area (Å²) in [6.45, 7) is 23.9. The lowest BCUT2D eigenvalue weighted by molar-refractivity contribution is 0.298. The zero-order valence-corrected chi connectivity index (χ0v) is 34.4. The first-order chi connectivity index (χ1) is 25.1. The van der Waals surface area contributed by atoms with Gasteiger partial charge in [-0.05, 0) is 88.2 Å². The monoisotopic (exact) mass is 742 g/mol. The molecule has 0 saturated heterocycles. The fraction of sp³-hybridized carbons (Fsp3) is 0.467. The molecule has 0 bridgehead atoms. The van der Waals surface area contributed by atoms with Crippen molar-refractivity contribution in [3.05, 3.63) is 127 Å².